The van der Waals surface area contributed by atoms with Gasteiger partial charge in [-0.1, -0.05) is 20.8 Å². The first kappa shape index (κ1) is 25.4. The number of carbonyl (C=O) groups is 1. The highest BCUT2D eigenvalue weighted by molar-refractivity contribution is 5.73. The summed E-state index contributed by atoms with van der Waals surface area (Å²) < 4.78 is 6.36. The summed E-state index contributed by atoms with van der Waals surface area (Å²) >= 11 is 0. The fourth-order valence-corrected chi connectivity index (χ4v) is 5.17. The molecule has 1 saturated carbocycles. The summed E-state index contributed by atoms with van der Waals surface area (Å²) in [5, 5.41) is 17.5. The summed E-state index contributed by atoms with van der Waals surface area (Å²) in [7, 11) is 0. The van der Waals surface area contributed by atoms with Crippen LogP contribution in [0.25, 0.3) is 0 Å². The maximum Gasteiger partial charge on any atom is 0.248 e. The van der Waals surface area contributed by atoms with Gasteiger partial charge in [-0.3, -0.25) is 9.59 Å². The summed E-state index contributed by atoms with van der Waals surface area (Å²) in [6.07, 6.45) is 7.92. The molecule has 3 heterocycles. The van der Waals surface area contributed by atoms with Gasteiger partial charge >= 0.3 is 0 Å². The first-order valence-corrected chi connectivity index (χ1v) is 12.6. The Morgan fingerprint density at radius 3 is 2.71 bits per heavy atom. The van der Waals surface area contributed by atoms with Gasteiger partial charge in [-0.25, -0.2) is 4.98 Å². The van der Waals surface area contributed by atoms with E-state index < -0.39 is 12.1 Å². The highest BCUT2D eigenvalue weighted by Gasteiger charge is 2.46. The number of amides is 1. The molecular weight excluding hydrogens is 444 g/mol. The average molecular weight is 483 g/mol. The lowest BCUT2D eigenvalue weighted by Crippen LogP contribution is -2.52. The van der Waals surface area contributed by atoms with Crippen molar-refractivity contribution in [3.63, 3.8) is 0 Å². The molecule has 190 valence electrons. The predicted octanol–water partition coefficient (Wildman–Crippen LogP) is 2.80. The normalized spacial score (nSPS) is 20.3. The fourth-order valence-electron chi connectivity index (χ4n) is 5.17. The summed E-state index contributed by atoms with van der Waals surface area (Å²) in [5.74, 6) is 0.460. The molecule has 2 aromatic heterocycles. The van der Waals surface area contributed by atoms with Crippen molar-refractivity contribution in [2.75, 3.05) is 6.54 Å². The van der Waals surface area contributed by atoms with E-state index in [0.29, 0.717) is 12.3 Å². The zero-order valence-electron chi connectivity index (χ0n) is 21.2. The lowest BCUT2D eigenvalue weighted by atomic mass is 9.73. The van der Waals surface area contributed by atoms with E-state index in [1.165, 1.54) is 18.6 Å². The number of aromatic nitrogens is 2. The van der Waals surface area contributed by atoms with Crippen molar-refractivity contribution in [3.8, 4) is 5.88 Å². The van der Waals surface area contributed by atoms with Crippen LogP contribution in [0.4, 0.5) is 0 Å². The molecule has 2 aliphatic rings. The summed E-state index contributed by atoms with van der Waals surface area (Å²) in [6.45, 7) is 8.35. The quantitative estimate of drug-likeness (QED) is 0.460. The second-order valence-corrected chi connectivity index (χ2v) is 11.4. The Balaban J connectivity index is 1.51. The van der Waals surface area contributed by atoms with Gasteiger partial charge in [0.05, 0.1) is 12.1 Å². The molecule has 0 unspecified atom stereocenters. The molecule has 35 heavy (non-hydrogen) atoms. The Bertz CT molecular complexity index is 1100. The number of nitrogens with one attached hydrogen (secondary N) is 3. The van der Waals surface area contributed by atoms with Crippen LogP contribution in [0.1, 0.15) is 76.1 Å². The first-order valence-electron chi connectivity index (χ1n) is 12.6. The smallest absolute Gasteiger partial charge is 0.248 e. The van der Waals surface area contributed by atoms with Crippen LogP contribution in [-0.2, 0) is 17.6 Å². The molecule has 1 spiro atoms. The topological polar surface area (TPSA) is 116 Å². The molecule has 4 N–H and O–H groups in total. The van der Waals surface area contributed by atoms with E-state index in [-0.39, 0.29) is 35.1 Å². The molecule has 8 heteroatoms. The minimum atomic E-state index is -0.840. The molecule has 1 fully saturated rings. The third kappa shape index (κ3) is 6.49. The number of fused-ring (bicyclic) bond motifs is 1. The van der Waals surface area contributed by atoms with E-state index in [1.54, 1.807) is 12.3 Å². The van der Waals surface area contributed by atoms with Gasteiger partial charge in [0, 0.05) is 50.0 Å². The molecule has 1 aliphatic heterocycles. The number of aliphatic hydroxyl groups is 1. The van der Waals surface area contributed by atoms with E-state index in [0.717, 1.165) is 43.2 Å². The van der Waals surface area contributed by atoms with Gasteiger partial charge < -0.3 is 25.5 Å². The van der Waals surface area contributed by atoms with Crippen molar-refractivity contribution in [3.05, 3.63) is 57.6 Å². The van der Waals surface area contributed by atoms with Gasteiger partial charge in [0.25, 0.3) is 0 Å². The van der Waals surface area contributed by atoms with Crippen LogP contribution in [-0.4, -0.2) is 45.3 Å². The Kier molecular flexibility index (Phi) is 7.33. The summed E-state index contributed by atoms with van der Waals surface area (Å²) in [6, 6.07) is 4.94. The van der Waals surface area contributed by atoms with Gasteiger partial charge in [0.15, 0.2) is 0 Å². The van der Waals surface area contributed by atoms with Crippen LogP contribution < -0.4 is 20.9 Å². The van der Waals surface area contributed by atoms with Gasteiger partial charge in [-0.15, -0.1) is 0 Å². The van der Waals surface area contributed by atoms with Crippen LogP contribution in [0.15, 0.2) is 35.4 Å². The predicted molar refractivity (Wildman–Crippen MR) is 134 cm³/mol. The van der Waals surface area contributed by atoms with Crippen molar-refractivity contribution in [1.82, 2.24) is 20.6 Å². The molecule has 1 aliphatic carbocycles. The largest absolute Gasteiger partial charge is 0.471 e. The second-order valence-electron chi connectivity index (χ2n) is 11.4. The van der Waals surface area contributed by atoms with Gasteiger partial charge in [0.2, 0.25) is 17.3 Å². The van der Waals surface area contributed by atoms with Gasteiger partial charge in [-0.05, 0) is 60.8 Å². The van der Waals surface area contributed by atoms with Crippen LogP contribution >= 0.6 is 0 Å². The SMILES string of the molecule is CC(=O)N[C@@H](Cc1cc[nH]c(=O)c1)[C@H](O)CN[C@H]1CC2(CCC2)Oc2ncc(CC(C)(C)C)cc21. The monoisotopic (exact) mass is 482 g/mol. The van der Waals surface area contributed by atoms with Gasteiger partial charge in [-0.2, -0.15) is 0 Å². The van der Waals surface area contributed by atoms with E-state index in [2.05, 4.69) is 47.4 Å². The van der Waals surface area contributed by atoms with E-state index in [9.17, 15) is 14.7 Å². The van der Waals surface area contributed by atoms with Crippen LogP contribution in [0.2, 0.25) is 0 Å². The Labute approximate surface area is 206 Å². The standard InChI is InChI=1S/C27H38N4O4/c1-17(32)31-21(11-18-6-9-28-24(34)12-18)23(33)16-29-22-14-27(7-5-8-27)35-25-20(22)10-19(15-30-25)13-26(2,3)4/h6,9-10,12,15,21-23,29,33H,5,7-8,11,13-14,16H2,1-4H3,(H,28,34)(H,31,32)/t21-,22-,23+/m0/s1. The van der Waals surface area contributed by atoms with Gasteiger partial charge in [0.1, 0.15) is 5.60 Å². The van der Waals surface area contributed by atoms with Crippen molar-refractivity contribution in [1.29, 1.82) is 0 Å². The molecule has 0 bridgehead atoms. The third-order valence-electron chi connectivity index (χ3n) is 6.92. The molecule has 2 aromatic rings. The maximum absolute atomic E-state index is 11.8. The highest BCUT2D eigenvalue weighted by Crippen LogP contribution is 2.48. The zero-order valence-corrected chi connectivity index (χ0v) is 21.2. The number of ether oxygens (including phenoxy) is 1. The minimum absolute atomic E-state index is 0.00124. The Morgan fingerprint density at radius 1 is 1.31 bits per heavy atom. The van der Waals surface area contributed by atoms with E-state index in [4.69, 9.17) is 4.74 Å². The minimum Gasteiger partial charge on any atom is -0.471 e. The number of rotatable bonds is 8. The first-order chi connectivity index (χ1) is 16.5. The Hall–Kier alpha value is -2.71. The third-order valence-corrected chi connectivity index (χ3v) is 6.92. The highest BCUT2D eigenvalue weighted by atomic mass is 16.5. The number of nitrogens with zero attached hydrogens (tertiary/aromatic N) is 1. The van der Waals surface area contributed by atoms with Crippen molar-refractivity contribution < 1.29 is 14.6 Å². The summed E-state index contributed by atoms with van der Waals surface area (Å²) in [4.78, 5) is 30.8. The molecule has 0 aromatic carbocycles. The summed E-state index contributed by atoms with van der Waals surface area (Å²) in [5.41, 5.74) is 2.71. The lowest BCUT2D eigenvalue weighted by molar-refractivity contribution is -0.120. The van der Waals surface area contributed by atoms with Crippen molar-refractivity contribution in [2.45, 2.75) is 90.0 Å². The molecule has 0 radical (unpaired) electrons. The number of carbonyl (C=O) groups excluding carboxylic acids is 1. The molecular formula is C27H38N4O4. The molecule has 3 atom stereocenters. The Morgan fingerprint density at radius 2 is 2.09 bits per heavy atom. The second kappa shape index (κ2) is 10.1. The fraction of sp³-hybridized carbons (Fsp3) is 0.593. The molecule has 1 amide bonds. The van der Waals surface area contributed by atoms with Crippen molar-refractivity contribution in [2.24, 2.45) is 5.41 Å². The lowest BCUT2D eigenvalue weighted by Gasteiger charge is -2.47. The number of H-pyrrole nitrogens is 1. The molecule has 8 nitrogen and oxygen atoms in total. The number of aromatic amines is 1. The van der Waals surface area contributed by atoms with Crippen molar-refractivity contribution >= 4 is 5.91 Å². The number of aliphatic hydroxyl groups excluding tert-OH is 1. The van der Waals surface area contributed by atoms with E-state index in [1.807, 2.05) is 6.20 Å². The molecule has 4 rings (SSSR count). The molecule has 0 saturated heterocycles. The van der Waals surface area contributed by atoms with Crippen LogP contribution in [0, 0.1) is 5.41 Å². The van der Waals surface area contributed by atoms with Crippen LogP contribution in [0.3, 0.4) is 0 Å². The van der Waals surface area contributed by atoms with E-state index >= 15 is 0 Å². The zero-order chi connectivity index (χ0) is 25.2. The van der Waals surface area contributed by atoms with Crippen LogP contribution in [0.5, 0.6) is 5.88 Å². The number of hydrogen-bond acceptors (Lipinski definition) is 6. The maximum atomic E-state index is 11.8. The number of hydrogen-bond donors (Lipinski definition) is 4. The average Bonchev–Trinajstić information content (AvgIpc) is 2.74. The number of pyridine rings is 2.